The van der Waals surface area contributed by atoms with Crippen LogP contribution in [-0.4, -0.2) is 18.9 Å². The van der Waals surface area contributed by atoms with Crippen LogP contribution in [0.1, 0.15) is 6.92 Å². The topological polar surface area (TPSA) is 29.5 Å². The summed E-state index contributed by atoms with van der Waals surface area (Å²) in [6.45, 7) is 1.82. The highest BCUT2D eigenvalue weighted by Crippen LogP contribution is 2.48. The average molecular weight is 303 g/mol. The lowest BCUT2D eigenvalue weighted by Crippen LogP contribution is -2.37. The van der Waals surface area contributed by atoms with Crippen LogP contribution in [0.5, 0.6) is 0 Å². The Morgan fingerprint density at radius 1 is 1.14 bits per heavy atom. The molecule has 3 nitrogen and oxygen atoms in total. The average Bonchev–Trinajstić information content (AvgIpc) is 2.52. The maximum Gasteiger partial charge on any atom is 0.362 e. The van der Waals surface area contributed by atoms with E-state index in [4.69, 9.17) is 4.74 Å². The number of halogens is 1. The monoisotopic (exact) mass is 303 g/mol. The van der Waals surface area contributed by atoms with Crippen LogP contribution in [0.4, 0.5) is 15.8 Å². The summed E-state index contributed by atoms with van der Waals surface area (Å²) in [6.07, 6.45) is -1.85. The van der Waals surface area contributed by atoms with E-state index in [1.807, 2.05) is 48.5 Å². The summed E-state index contributed by atoms with van der Waals surface area (Å²) >= 11 is 1.57. The third kappa shape index (κ3) is 2.49. The van der Waals surface area contributed by atoms with E-state index < -0.39 is 12.3 Å². The Hall–Kier alpha value is -2.01. The highest BCUT2D eigenvalue weighted by molar-refractivity contribution is 7.99. The molecule has 0 bridgehead atoms. The molecule has 0 spiro atoms. The predicted octanol–water partition coefficient (Wildman–Crippen LogP) is 4.15. The van der Waals surface area contributed by atoms with Crippen LogP contribution < -0.4 is 4.90 Å². The van der Waals surface area contributed by atoms with Crippen LogP contribution in [0.2, 0.25) is 0 Å². The molecule has 0 aliphatic carbocycles. The maximum absolute atomic E-state index is 14.7. The Balaban J connectivity index is 2.08. The van der Waals surface area contributed by atoms with Crippen molar-refractivity contribution in [1.82, 2.24) is 0 Å². The number of esters is 1. The number of hydrogen-bond donors (Lipinski definition) is 0. The van der Waals surface area contributed by atoms with E-state index in [1.165, 1.54) is 4.90 Å². The number of anilines is 2. The first-order valence-electron chi connectivity index (χ1n) is 6.68. The summed E-state index contributed by atoms with van der Waals surface area (Å²) in [7, 11) is 0. The number of carbonyl (C=O) groups excluding carboxylic acids is 1. The van der Waals surface area contributed by atoms with Crippen molar-refractivity contribution in [3.8, 4) is 0 Å². The molecule has 0 amide bonds. The Morgan fingerprint density at radius 2 is 1.67 bits per heavy atom. The van der Waals surface area contributed by atoms with E-state index in [1.54, 1.807) is 18.7 Å². The van der Waals surface area contributed by atoms with E-state index in [2.05, 4.69) is 0 Å². The van der Waals surface area contributed by atoms with Gasteiger partial charge in [0.1, 0.15) is 0 Å². The molecule has 0 saturated carbocycles. The van der Waals surface area contributed by atoms with Crippen LogP contribution in [0, 0.1) is 0 Å². The SMILES string of the molecule is CCOC(=O)C(F)N1c2ccccc2Sc2ccccc21. The van der Waals surface area contributed by atoms with E-state index in [-0.39, 0.29) is 6.61 Å². The molecule has 1 atom stereocenters. The van der Waals surface area contributed by atoms with Crippen molar-refractivity contribution in [2.24, 2.45) is 0 Å². The highest BCUT2D eigenvalue weighted by atomic mass is 32.2. The fraction of sp³-hybridized carbons (Fsp3) is 0.188. The van der Waals surface area contributed by atoms with Gasteiger partial charge in [0.05, 0.1) is 18.0 Å². The molecule has 1 aliphatic heterocycles. The fourth-order valence-electron chi connectivity index (χ4n) is 2.29. The first-order valence-corrected chi connectivity index (χ1v) is 7.50. The zero-order chi connectivity index (χ0) is 14.8. The smallest absolute Gasteiger partial charge is 0.362 e. The van der Waals surface area contributed by atoms with Gasteiger partial charge in [-0.25, -0.2) is 9.18 Å². The molecule has 0 saturated heterocycles. The van der Waals surface area contributed by atoms with Crippen LogP contribution >= 0.6 is 11.8 Å². The molecule has 21 heavy (non-hydrogen) atoms. The lowest BCUT2D eigenvalue weighted by molar-refractivity contribution is -0.148. The lowest BCUT2D eigenvalue weighted by atomic mass is 10.2. The number of nitrogens with zero attached hydrogens (tertiary/aromatic N) is 1. The van der Waals surface area contributed by atoms with Gasteiger partial charge in [0, 0.05) is 9.79 Å². The van der Waals surface area contributed by atoms with Gasteiger partial charge in [0.2, 0.25) is 0 Å². The summed E-state index contributed by atoms with van der Waals surface area (Å²) in [4.78, 5) is 15.1. The normalized spacial score (nSPS) is 14.1. The van der Waals surface area contributed by atoms with Crippen LogP contribution in [0.15, 0.2) is 58.3 Å². The number of carbonyl (C=O) groups is 1. The van der Waals surface area contributed by atoms with Gasteiger partial charge in [0.15, 0.2) is 0 Å². The molecule has 108 valence electrons. The van der Waals surface area contributed by atoms with Gasteiger partial charge in [0.25, 0.3) is 6.30 Å². The molecule has 2 aromatic carbocycles. The zero-order valence-electron chi connectivity index (χ0n) is 11.5. The molecule has 1 aliphatic rings. The van der Waals surface area contributed by atoms with E-state index in [0.717, 1.165) is 9.79 Å². The Kier molecular flexibility index (Phi) is 3.84. The number of ether oxygens (including phenoxy) is 1. The maximum atomic E-state index is 14.7. The second-order valence-electron chi connectivity index (χ2n) is 4.50. The number of hydrogen-bond acceptors (Lipinski definition) is 4. The number of fused-ring (bicyclic) bond motifs is 2. The molecule has 1 unspecified atom stereocenters. The fourth-order valence-corrected chi connectivity index (χ4v) is 3.37. The van der Waals surface area contributed by atoms with Gasteiger partial charge in [-0.1, -0.05) is 36.0 Å². The summed E-state index contributed by atoms with van der Waals surface area (Å²) < 4.78 is 19.5. The number of rotatable bonds is 3. The molecule has 3 rings (SSSR count). The largest absolute Gasteiger partial charge is 0.462 e. The highest BCUT2D eigenvalue weighted by Gasteiger charge is 2.34. The minimum absolute atomic E-state index is 0.158. The molecule has 2 aromatic rings. The third-order valence-electron chi connectivity index (χ3n) is 3.18. The lowest BCUT2D eigenvalue weighted by Gasteiger charge is -2.33. The minimum atomic E-state index is -1.85. The molecular formula is C16H14FNO2S. The zero-order valence-corrected chi connectivity index (χ0v) is 12.3. The second-order valence-corrected chi connectivity index (χ2v) is 5.58. The summed E-state index contributed by atoms with van der Waals surface area (Å²) in [5, 5.41) is 0. The van der Waals surface area contributed by atoms with Crippen molar-refractivity contribution in [2.75, 3.05) is 11.5 Å². The third-order valence-corrected chi connectivity index (χ3v) is 4.31. The minimum Gasteiger partial charge on any atom is -0.462 e. The molecule has 0 fully saturated rings. The summed E-state index contributed by atoms with van der Waals surface area (Å²) in [5.41, 5.74) is 1.36. The van der Waals surface area contributed by atoms with Crippen molar-refractivity contribution in [3.05, 3.63) is 48.5 Å². The van der Waals surface area contributed by atoms with E-state index >= 15 is 0 Å². The Morgan fingerprint density at radius 3 is 2.19 bits per heavy atom. The van der Waals surface area contributed by atoms with Gasteiger partial charge in [-0.3, -0.25) is 4.90 Å². The van der Waals surface area contributed by atoms with Crippen molar-refractivity contribution in [2.45, 2.75) is 23.0 Å². The molecule has 0 radical (unpaired) electrons. The first kappa shape index (κ1) is 13.9. The first-order chi connectivity index (χ1) is 10.2. The standard InChI is InChI=1S/C16H14FNO2S/c1-2-20-16(19)15(17)18-11-7-3-5-9-13(11)21-14-10-6-4-8-12(14)18/h3-10,15H,2H2,1H3. The Bertz CT molecular complexity index is 631. The van der Waals surface area contributed by atoms with Crippen LogP contribution in [-0.2, 0) is 9.53 Å². The van der Waals surface area contributed by atoms with Gasteiger partial charge in [-0.05, 0) is 31.2 Å². The molecule has 1 heterocycles. The molecular weight excluding hydrogens is 289 g/mol. The van der Waals surface area contributed by atoms with E-state index in [9.17, 15) is 9.18 Å². The van der Waals surface area contributed by atoms with Gasteiger partial charge in [-0.15, -0.1) is 0 Å². The van der Waals surface area contributed by atoms with Gasteiger partial charge >= 0.3 is 5.97 Å². The van der Waals surface area contributed by atoms with E-state index in [0.29, 0.717) is 11.4 Å². The van der Waals surface area contributed by atoms with Crippen LogP contribution in [0.25, 0.3) is 0 Å². The van der Waals surface area contributed by atoms with Crippen molar-refractivity contribution in [3.63, 3.8) is 0 Å². The molecule has 0 aromatic heterocycles. The van der Waals surface area contributed by atoms with Gasteiger partial charge < -0.3 is 4.74 Å². The molecule has 0 N–H and O–H groups in total. The predicted molar refractivity (Wildman–Crippen MR) is 80.7 cm³/mol. The number of benzene rings is 2. The second kappa shape index (κ2) is 5.77. The number of para-hydroxylation sites is 2. The Labute approximate surface area is 126 Å². The summed E-state index contributed by atoms with van der Waals surface area (Å²) in [5.74, 6) is -0.867. The van der Waals surface area contributed by atoms with Crippen molar-refractivity contribution < 1.29 is 13.9 Å². The van der Waals surface area contributed by atoms with Crippen molar-refractivity contribution >= 4 is 29.1 Å². The van der Waals surface area contributed by atoms with Crippen molar-refractivity contribution in [1.29, 1.82) is 0 Å². The van der Waals surface area contributed by atoms with Gasteiger partial charge in [-0.2, -0.15) is 0 Å². The quantitative estimate of drug-likeness (QED) is 0.629. The van der Waals surface area contributed by atoms with Crippen LogP contribution in [0.3, 0.4) is 0 Å². The summed E-state index contributed by atoms with van der Waals surface area (Å²) in [6, 6.07) is 14.9. The molecule has 5 heteroatoms. The number of alkyl halides is 1.